The summed E-state index contributed by atoms with van der Waals surface area (Å²) < 4.78 is 0. The standard InChI is InChI=1S/C13H20ClN/c1-4-13(10(3)15-5-2)11-6-8-12(14)9-7-11/h6-10,13,15H,4-5H2,1-3H3. The van der Waals surface area contributed by atoms with E-state index in [1.54, 1.807) is 0 Å². The first-order valence-corrected chi connectivity index (χ1v) is 6.05. The SMILES string of the molecule is CCNC(C)C(CC)c1ccc(Cl)cc1. The number of benzene rings is 1. The van der Waals surface area contributed by atoms with Crippen LogP contribution in [0.3, 0.4) is 0 Å². The van der Waals surface area contributed by atoms with Crippen LogP contribution in [0.1, 0.15) is 38.7 Å². The normalized spacial score (nSPS) is 14.9. The van der Waals surface area contributed by atoms with Gasteiger partial charge in [0.15, 0.2) is 0 Å². The van der Waals surface area contributed by atoms with Gasteiger partial charge in [0.05, 0.1) is 0 Å². The smallest absolute Gasteiger partial charge is 0.0406 e. The van der Waals surface area contributed by atoms with E-state index in [1.807, 2.05) is 12.1 Å². The van der Waals surface area contributed by atoms with Gasteiger partial charge < -0.3 is 5.32 Å². The maximum atomic E-state index is 5.88. The lowest BCUT2D eigenvalue weighted by atomic mass is 9.90. The molecular weight excluding hydrogens is 206 g/mol. The molecule has 84 valence electrons. The molecule has 2 atom stereocenters. The molecule has 1 aromatic rings. The third-order valence-corrected chi connectivity index (χ3v) is 3.12. The van der Waals surface area contributed by atoms with E-state index >= 15 is 0 Å². The summed E-state index contributed by atoms with van der Waals surface area (Å²) in [6.07, 6.45) is 1.15. The molecule has 0 saturated carbocycles. The second-order valence-electron chi connectivity index (χ2n) is 3.91. The summed E-state index contributed by atoms with van der Waals surface area (Å²) in [5.74, 6) is 0.571. The number of rotatable bonds is 5. The van der Waals surface area contributed by atoms with Crippen molar-refractivity contribution < 1.29 is 0 Å². The van der Waals surface area contributed by atoms with Crippen LogP contribution in [0, 0.1) is 0 Å². The molecule has 0 spiro atoms. The zero-order valence-corrected chi connectivity index (χ0v) is 10.5. The Balaban J connectivity index is 2.77. The largest absolute Gasteiger partial charge is 0.314 e. The Morgan fingerprint density at radius 3 is 2.27 bits per heavy atom. The third-order valence-electron chi connectivity index (χ3n) is 2.87. The lowest BCUT2D eigenvalue weighted by Gasteiger charge is -2.23. The predicted octanol–water partition coefficient (Wildman–Crippen LogP) is 3.83. The van der Waals surface area contributed by atoms with E-state index in [2.05, 4.69) is 38.2 Å². The van der Waals surface area contributed by atoms with Gasteiger partial charge in [-0.15, -0.1) is 0 Å². The van der Waals surface area contributed by atoms with Crippen molar-refractivity contribution in [1.29, 1.82) is 0 Å². The molecule has 15 heavy (non-hydrogen) atoms. The Morgan fingerprint density at radius 1 is 1.20 bits per heavy atom. The van der Waals surface area contributed by atoms with Crippen molar-refractivity contribution in [3.05, 3.63) is 34.9 Å². The second-order valence-corrected chi connectivity index (χ2v) is 4.35. The van der Waals surface area contributed by atoms with Crippen LogP contribution in [-0.4, -0.2) is 12.6 Å². The number of halogens is 1. The molecule has 0 aliphatic rings. The summed E-state index contributed by atoms with van der Waals surface area (Å²) in [5, 5.41) is 4.29. The van der Waals surface area contributed by atoms with Gasteiger partial charge in [0.2, 0.25) is 0 Å². The molecule has 0 saturated heterocycles. The predicted molar refractivity (Wildman–Crippen MR) is 67.6 cm³/mol. The molecule has 0 aliphatic carbocycles. The van der Waals surface area contributed by atoms with Crippen molar-refractivity contribution in [3.63, 3.8) is 0 Å². The van der Waals surface area contributed by atoms with Crippen LogP contribution in [0.25, 0.3) is 0 Å². The fraction of sp³-hybridized carbons (Fsp3) is 0.538. The van der Waals surface area contributed by atoms with Crippen molar-refractivity contribution in [1.82, 2.24) is 5.32 Å². The molecule has 1 N–H and O–H groups in total. The van der Waals surface area contributed by atoms with E-state index in [9.17, 15) is 0 Å². The monoisotopic (exact) mass is 225 g/mol. The van der Waals surface area contributed by atoms with Crippen molar-refractivity contribution in [2.75, 3.05) is 6.54 Å². The zero-order valence-electron chi connectivity index (χ0n) is 9.76. The van der Waals surface area contributed by atoms with Crippen LogP contribution in [0.4, 0.5) is 0 Å². The van der Waals surface area contributed by atoms with E-state index < -0.39 is 0 Å². The number of likely N-dealkylation sites (N-methyl/N-ethyl adjacent to an activating group) is 1. The van der Waals surface area contributed by atoms with Crippen LogP contribution in [0.2, 0.25) is 5.02 Å². The molecule has 0 heterocycles. The third kappa shape index (κ3) is 3.51. The van der Waals surface area contributed by atoms with Crippen molar-refractivity contribution >= 4 is 11.6 Å². The molecule has 0 aromatic heterocycles. The molecule has 0 radical (unpaired) electrons. The Hall–Kier alpha value is -0.530. The molecule has 1 nitrogen and oxygen atoms in total. The molecule has 0 fully saturated rings. The van der Waals surface area contributed by atoms with E-state index in [4.69, 9.17) is 11.6 Å². The van der Waals surface area contributed by atoms with Gasteiger partial charge in [0.25, 0.3) is 0 Å². The lowest BCUT2D eigenvalue weighted by molar-refractivity contribution is 0.460. The first kappa shape index (κ1) is 12.5. The fourth-order valence-electron chi connectivity index (χ4n) is 2.05. The van der Waals surface area contributed by atoms with Gasteiger partial charge in [0.1, 0.15) is 0 Å². The molecule has 2 heteroatoms. The topological polar surface area (TPSA) is 12.0 Å². The van der Waals surface area contributed by atoms with E-state index in [0.29, 0.717) is 12.0 Å². The molecule has 2 unspecified atom stereocenters. The van der Waals surface area contributed by atoms with Crippen molar-refractivity contribution in [2.45, 2.75) is 39.2 Å². The Kier molecular flexibility index (Phi) is 5.13. The van der Waals surface area contributed by atoms with Gasteiger partial charge >= 0.3 is 0 Å². The Morgan fingerprint density at radius 2 is 1.80 bits per heavy atom. The molecule has 1 rings (SSSR count). The van der Waals surface area contributed by atoms with Gasteiger partial charge in [-0.2, -0.15) is 0 Å². The minimum absolute atomic E-state index is 0.515. The maximum absolute atomic E-state index is 5.88. The Bertz CT molecular complexity index is 281. The quantitative estimate of drug-likeness (QED) is 0.803. The molecule has 0 amide bonds. The number of hydrogen-bond donors (Lipinski definition) is 1. The van der Waals surface area contributed by atoms with Crippen LogP contribution in [-0.2, 0) is 0 Å². The molecule has 0 bridgehead atoms. The van der Waals surface area contributed by atoms with Crippen LogP contribution >= 0.6 is 11.6 Å². The summed E-state index contributed by atoms with van der Waals surface area (Å²) in [6.45, 7) is 7.63. The highest BCUT2D eigenvalue weighted by Crippen LogP contribution is 2.24. The summed E-state index contributed by atoms with van der Waals surface area (Å²) in [5.41, 5.74) is 1.37. The fourth-order valence-corrected chi connectivity index (χ4v) is 2.18. The molecule has 1 aromatic carbocycles. The zero-order chi connectivity index (χ0) is 11.3. The van der Waals surface area contributed by atoms with E-state index in [0.717, 1.165) is 18.0 Å². The van der Waals surface area contributed by atoms with Gasteiger partial charge in [-0.25, -0.2) is 0 Å². The minimum Gasteiger partial charge on any atom is -0.314 e. The van der Waals surface area contributed by atoms with Gasteiger partial charge in [-0.1, -0.05) is 37.6 Å². The average Bonchev–Trinajstić information content (AvgIpc) is 2.22. The number of hydrogen-bond acceptors (Lipinski definition) is 1. The highest BCUT2D eigenvalue weighted by Gasteiger charge is 2.16. The molecular formula is C13H20ClN. The van der Waals surface area contributed by atoms with Crippen LogP contribution in [0.15, 0.2) is 24.3 Å². The van der Waals surface area contributed by atoms with Crippen molar-refractivity contribution in [3.8, 4) is 0 Å². The van der Waals surface area contributed by atoms with Crippen molar-refractivity contribution in [2.24, 2.45) is 0 Å². The summed E-state index contributed by atoms with van der Waals surface area (Å²) in [4.78, 5) is 0. The number of nitrogens with one attached hydrogen (secondary N) is 1. The molecule has 0 aliphatic heterocycles. The minimum atomic E-state index is 0.515. The average molecular weight is 226 g/mol. The van der Waals surface area contributed by atoms with Gasteiger partial charge in [-0.05, 0) is 43.5 Å². The van der Waals surface area contributed by atoms with Crippen LogP contribution in [0.5, 0.6) is 0 Å². The summed E-state index contributed by atoms with van der Waals surface area (Å²) >= 11 is 5.88. The highest BCUT2D eigenvalue weighted by molar-refractivity contribution is 6.30. The maximum Gasteiger partial charge on any atom is 0.0406 e. The highest BCUT2D eigenvalue weighted by atomic mass is 35.5. The first-order chi connectivity index (χ1) is 7.19. The second kappa shape index (κ2) is 6.14. The van der Waals surface area contributed by atoms with Gasteiger partial charge in [0, 0.05) is 11.1 Å². The lowest BCUT2D eigenvalue weighted by Crippen LogP contribution is -2.31. The van der Waals surface area contributed by atoms with Gasteiger partial charge in [-0.3, -0.25) is 0 Å². The first-order valence-electron chi connectivity index (χ1n) is 5.67. The summed E-state index contributed by atoms with van der Waals surface area (Å²) in [7, 11) is 0. The Labute approximate surface area is 97.8 Å². The van der Waals surface area contributed by atoms with E-state index in [1.165, 1.54) is 5.56 Å². The summed E-state index contributed by atoms with van der Waals surface area (Å²) in [6, 6.07) is 8.71. The van der Waals surface area contributed by atoms with E-state index in [-0.39, 0.29) is 0 Å². The van der Waals surface area contributed by atoms with Crippen LogP contribution < -0.4 is 5.32 Å².